The van der Waals surface area contributed by atoms with Crippen molar-refractivity contribution in [3.63, 3.8) is 0 Å². The van der Waals surface area contributed by atoms with Gasteiger partial charge in [-0.05, 0) is 55.7 Å². The van der Waals surface area contributed by atoms with Gasteiger partial charge in [-0.15, -0.1) is 11.3 Å². The van der Waals surface area contributed by atoms with E-state index in [1.165, 1.54) is 12.1 Å². The Labute approximate surface area is 158 Å². The summed E-state index contributed by atoms with van der Waals surface area (Å²) in [4.78, 5) is 19.4. The Bertz CT molecular complexity index is 932. The topological polar surface area (TPSA) is 33.2 Å². The van der Waals surface area contributed by atoms with Gasteiger partial charge in [0.05, 0.1) is 21.8 Å². The normalized spacial score (nSPS) is 18.0. The highest BCUT2D eigenvalue weighted by Gasteiger charge is 2.33. The number of alkyl halides is 3. The number of para-hydroxylation sites is 1. The third-order valence-electron chi connectivity index (χ3n) is 4.82. The van der Waals surface area contributed by atoms with Crippen LogP contribution < -0.4 is 0 Å². The van der Waals surface area contributed by atoms with Crippen LogP contribution in [0.3, 0.4) is 0 Å². The second-order valence-electron chi connectivity index (χ2n) is 6.61. The van der Waals surface area contributed by atoms with Gasteiger partial charge < -0.3 is 4.90 Å². The van der Waals surface area contributed by atoms with E-state index in [4.69, 9.17) is 0 Å². The minimum atomic E-state index is -4.41. The maximum Gasteiger partial charge on any atom is 0.416 e. The van der Waals surface area contributed by atoms with E-state index < -0.39 is 11.7 Å². The average molecular weight is 390 g/mol. The summed E-state index contributed by atoms with van der Waals surface area (Å²) in [6.07, 6.45) is -1.71. The molecule has 4 rings (SSSR count). The first-order valence-electron chi connectivity index (χ1n) is 8.77. The second-order valence-corrected chi connectivity index (χ2v) is 7.67. The van der Waals surface area contributed by atoms with Gasteiger partial charge in [0.1, 0.15) is 5.01 Å². The number of likely N-dealkylation sites (tertiary alicyclic amines) is 1. The number of carbonyl (C=O) groups excluding carboxylic acids is 1. The van der Waals surface area contributed by atoms with Crippen molar-refractivity contribution in [2.24, 2.45) is 0 Å². The van der Waals surface area contributed by atoms with E-state index in [9.17, 15) is 18.0 Å². The fraction of sp³-hybridized carbons (Fsp3) is 0.300. The molecule has 3 nitrogen and oxygen atoms in total. The van der Waals surface area contributed by atoms with Crippen molar-refractivity contribution in [1.29, 1.82) is 0 Å². The minimum absolute atomic E-state index is 0.133. The molecule has 1 aromatic heterocycles. The van der Waals surface area contributed by atoms with Crippen molar-refractivity contribution < 1.29 is 18.0 Å². The zero-order chi connectivity index (χ0) is 19.0. The lowest BCUT2D eigenvalue weighted by Gasteiger charge is -2.34. The van der Waals surface area contributed by atoms with Crippen LogP contribution in [0, 0.1) is 0 Å². The van der Waals surface area contributed by atoms with Crippen LogP contribution >= 0.6 is 11.3 Å². The number of rotatable bonds is 2. The molecule has 0 N–H and O–H groups in total. The fourth-order valence-electron chi connectivity index (χ4n) is 3.43. The molecule has 2 heterocycles. The first-order valence-corrected chi connectivity index (χ1v) is 9.59. The summed E-state index contributed by atoms with van der Waals surface area (Å²) in [6, 6.07) is 12.1. The van der Waals surface area contributed by atoms with E-state index in [0.717, 1.165) is 46.6 Å². The highest BCUT2D eigenvalue weighted by molar-refractivity contribution is 7.18. The summed E-state index contributed by atoms with van der Waals surface area (Å²) in [6.45, 7) is 0.584. The molecule has 7 heteroatoms. The summed E-state index contributed by atoms with van der Waals surface area (Å²) < 4.78 is 39.3. The molecule has 0 spiro atoms. The second kappa shape index (κ2) is 6.96. The molecule has 2 aromatic carbocycles. The van der Waals surface area contributed by atoms with E-state index in [0.29, 0.717) is 6.54 Å². The van der Waals surface area contributed by atoms with Crippen molar-refractivity contribution in [1.82, 2.24) is 9.88 Å². The largest absolute Gasteiger partial charge is 0.416 e. The fourth-order valence-corrected chi connectivity index (χ4v) is 4.55. The standard InChI is InChI=1S/C20H17F3N2OS/c21-20(22,23)14-10-8-13(9-11-14)19(26)25-12-4-3-6-16(25)18-24-15-5-1-2-7-17(15)27-18/h1-2,5,7-11,16H,3-4,6,12H2. The first-order chi connectivity index (χ1) is 12.9. The number of aromatic nitrogens is 1. The number of amides is 1. The van der Waals surface area contributed by atoms with Crippen LogP contribution in [0.5, 0.6) is 0 Å². The molecule has 0 aliphatic carbocycles. The molecule has 1 saturated heterocycles. The number of benzene rings is 2. The van der Waals surface area contributed by atoms with Crippen molar-refractivity contribution in [3.8, 4) is 0 Å². The summed E-state index contributed by atoms with van der Waals surface area (Å²) in [5.41, 5.74) is 0.432. The van der Waals surface area contributed by atoms with Crippen molar-refractivity contribution in [2.75, 3.05) is 6.54 Å². The van der Waals surface area contributed by atoms with Gasteiger partial charge in [-0.3, -0.25) is 4.79 Å². The smallest absolute Gasteiger partial charge is 0.329 e. The number of piperidine rings is 1. The monoisotopic (exact) mass is 390 g/mol. The first kappa shape index (κ1) is 18.0. The number of thiazole rings is 1. The Balaban J connectivity index is 1.62. The van der Waals surface area contributed by atoms with Gasteiger partial charge >= 0.3 is 6.18 Å². The highest BCUT2D eigenvalue weighted by Crippen LogP contribution is 2.36. The van der Waals surface area contributed by atoms with Gasteiger partial charge in [0.15, 0.2) is 0 Å². The van der Waals surface area contributed by atoms with Crippen molar-refractivity contribution >= 4 is 27.5 Å². The molecular formula is C20H17F3N2OS. The number of carbonyl (C=O) groups is 1. The molecule has 3 aromatic rings. The molecule has 0 radical (unpaired) electrons. The molecule has 1 aliphatic heterocycles. The van der Waals surface area contributed by atoms with Crippen LogP contribution in [0.2, 0.25) is 0 Å². The Morgan fingerprint density at radius 3 is 2.52 bits per heavy atom. The summed E-state index contributed by atoms with van der Waals surface area (Å²) >= 11 is 1.57. The van der Waals surface area contributed by atoms with Crippen molar-refractivity contribution in [3.05, 3.63) is 64.7 Å². The molecule has 0 saturated carbocycles. The maximum absolute atomic E-state index is 13.0. The maximum atomic E-state index is 13.0. The molecule has 27 heavy (non-hydrogen) atoms. The third kappa shape index (κ3) is 3.56. The van der Waals surface area contributed by atoms with E-state index in [1.807, 2.05) is 24.3 Å². The SMILES string of the molecule is O=C(c1ccc(C(F)(F)F)cc1)N1CCCCC1c1nc2ccccc2s1. The molecule has 1 unspecified atom stereocenters. The van der Waals surface area contributed by atoms with E-state index in [-0.39, 0.29) is 17.5 Å². The van der Waals surface area contributed by atoms with E-state index >= 15 is 0 Å². The van der Waals surface area contributed by atoms with Gasteiger partial charge in [0, 0.05) is 12.1 Å². The number of hydrogen-bond donors (Lipinski definition) is 0. The molecule has 140 valence electrons. The summed E-state index contributed by atoms with van der Waals surface area (Å²) in [7, 11) is 0. The molecule has 0 bridgehead atoms. The Morgan fingerprint density at radius 2 is 1.81 bits per heavy atom. The van der Waals surface area contributed by atoms with Crippen LogP contribution in [0.15, 0.2) is 48.5 Å². The summed E-state index contributed by atoms with van der Waals surface area (Å²) in [5.74, 6) is -0.243. The molecule has 1 aliphatic rings. The van der Waals surface area contributed by atoms with E-state index in [1.54, 1.807) is 16.2 Å². The van der Waals surface area contributed by atoms with Crippen LogP contribution in [0.25, 0.3) is 10.2 Å². The van der Waals surface area contributed by atoms with Crippen LogP contribution in [0.4, 0.5) is 13.2 Å². The minimum Gasteiger partial charge on any atom is -0.329 e. The third-order valence-corrected chi connectivity index (χ3v) is 5.96. The Morgan fingerprint density at radius 1 is 1.07 bits per heavy atom. The quantitative estimate of drug-likeness (QED) is 0.564. The van der Waals surface area contributed by atoms with E-state index in [2.05, 4.69) is 4.98 Å². The number of nitrogens with zero attached hydrogens (tertiary/aromatic N) is 2. The Hall–Kier alpha value is -2.41. The average Bonchev–Trinajstić information content (AvgIpc) is 3.11. The molecule has 1 atom stereocenters. The zero-order valence-electron chi connectivity index (χ0n) is 14.4. The van der Waals surface area contributed by atoms with Crippen LogP contribution in [-0.4, -0.2) is 22.3 Å². The van der Waals surface area contributed by atoms with Gasteiger partial charge in [0.25, 0.3) is 5.91 Å². The molecular weight excluding hydrogens is 373 g/mol. The van der Waals surface area contributed by atoms with Gasteiger partial charge in [-0.25, -0.2) is 4.98 Å². The lowest BCUT2D eigenvalue weighted by Crippen LogP contribution is -2.38. The lowest BCUT2D eigenvalue weighted by molar-refractivity contribution is -0.137. The molecule has 1 fully saturated rings. The predicted octanol–water partition coefficient (Wildman–Crippen LogP) is 5.68. The zero-order valence-corrected chi connectivity index (χ0v) is 15.2. The van der Waals surface area contributed by atoms with Crippen LogP contribution in [-0.2, 0) is 6.18 Å². The molecule has 1 amide bonds. The number of fused-ring (bicyclic) bond motifs is 1. The van der Waals surface area contributed by atoms with Gasteiger partial charge in [-0.2, -0.15) is 13.2 Å². The van der Waals surface area contributed by atoms with Crippen molar-refractivity contribution in [2.45, 2.75) is 31.5 Å². The predicted molar refractivity (Wildman–Crippen MR) is 98.7 cm³/mol. The lowest BCUT2D eigenvalue weighted by atomic mass is 10.0. The Kier molecular flexibility index (Phi) is 4.63. The summed E-state index contributed by atoms with van der Waals surface area (Å²) in [5, 5.41) is 0.885. The van der Waals surface area contributed by atoms with Gasteiger partial charge in [-0.1, -0.05) is 12.1 Å². The van der Waals surface area contributed by atoms with Gasteiger partial charge in [0.2, 0.25) is 0 Å². The number of hydrogen-bond acceptors (Lipinski definition) is 3. The van der Waals surface area contributed by atoms with Crippen LogP contribution in [0.1, 0.15) is 46.2 Å². The highest BCUT2D eigenvalue weighted by atomic mass is 32.1. The number of halogens is 3.